The van der Waals surface area contributed by atoms with Gasteiger partial charge in [0.1, 0.15) is 11.6 Å². The van der Waals surface area contributed by atoms with Crippen molar-refractivity contribution in [3.05, 3.63) is 59.2 Å². The first-order valence-corrected chi connectivity index (χ1v) is 9.58. The summed E-state index contributed by atoms with van der Waals surface area (Å²) in [5.41, 5.74) is 0.319. The van der Waals surface area contributed by atoms with E-state index in [9.17, 15) is 18.4 Å². The van der Waals surface area contributed by atoms with Gasteiger partial charge in [-0.1, -0.05) is 19.4 Å². The smallest absolute Gasteiger partial charge is 0.338 e. The molecule has 1 N–H and O–H groups in total. The van der Waals surface area contributed by atoms with Gasteiger partial charge in [-0.15, -0.1) is 0 Å². The maximum absolute atomic E-state index is 13.8. The molecule has 162 valence electrons. The van der Waals surface area contributed by atoms with E-state index in [0.717, 1.165) is 25.0 Å². The van der Waals surface area contributed by atoms with Crippen LogP contribution in [0.2, 0.25) is 0 Å². The summed E-state index contributed by atoms with van der Waals surface area (Å²) in [7, 11) is 1.46. The van der Waals surface area contributed by atoms with E-state index in [1.54, 1.807) is 6.07 Å². The van der Waals surface area contributed by atoms with E-state index in [-0.39, 0.29) is 11.1 Å². The summed E-state index contributed by atoms with van der Waals surface area (Å²) in [6.07, 6.45) is 1.88. The van der Waals surface area contributed by atoms with Crippen LogP contribution in [0.15, 0.2) is 36.4 Å². The Bertz CT molecular complexity index is 888. The molecule has 0 aliphatic carbocycles. The van der Waals surface area contributed by atoms with Gasteiger partial charge in [0, 0.05) is 11.6 Å². The van der Waals surface area contributed by atoms with Crippen molar-refractivity contribution in [1.29, 1.82) is 0 Å². The van der Waals surface area contributed by atoms with Gasteiger partial charge in [-0.2, -0.15) is 0 Å². The number of methoxy groups -OCH3 is 1. The van der Waals surface area contributed by atoms with E-state index in [0.29, 0.717) is 18.1 Å². The minimum Gasteiger partial charge on any atom is -0.493 e. The lowest BCUT2D eigenvalue weighted by atomic mass is 10.1. The van der Waals surface area contributed by atoms with Gasteiger partial charge in [0.05, 0.1) is 25.3 Å². The zero-order valence-corrected chi connectivity index (χ0v) is 17.2. The van der Waals surface area contributed by atoms with Crippen LogP contribution < -0.4 is 14.8 Å². The predicted molar refractivity (Wildman–Crippen MR) is 107 cm³/mol. The fourth-order valence-corrected chi connectivity index (χ4v) is 2.67. The van der Waals surface area contributed by atoms with Crippen LogP contribution in [0.1, 0.15) is 48.7 Å². The normalized spacial score (nSPS) is 11.5. The monoisotopic (exact) mass is 421 g/mol. The Labute approximate surface area is 174 Å². The third-order valence-corrected chi connectivity index (χ3v) is 4.30. The second-order valence-corrected chi connectivity index (χ2v) is 6.60. The highest BCUT2D eigenvalue weighted by Crippen LogP contribution is 2.28. The molecule has 0 saturated heterocycles. The minimum atomic E-state index is -0.770. The average Bonchev–Trinajstić information content (AvgIpc) is 2.72. The van der Waals surface area contributed by atoms with Crippen molar-refractivity contribution >= 4 is 11.9 Å². The number of unbranched alkanes of at least 4 members (excludes halogenated alkanes) is 1. The molecular weight excluding hydrogens is 396 g/mol. The highest BCUT2D eigenvalue weighted by atomic mass is 19.1. The summed E-state index contributed by atoms with van der Waals surface area (Å²) >= 11 is 0. The molecule has 8 heteroatoms. The quantitative estimate of drug-likeness (QED) is 0.460. The van der Waals surface area contributed by atoms with Crippen molar-refractivity contribution < 1.29 is 32.6 Å². The molecule has 2 rings (SSSR count). The standard InChI is InChI=1S/C22H25F2NO5/c1-4-5-10-29-19-9-6-15(11-20(19)28-3)22(27)30-13-21(26)25-14(2)17-8-7-16(23)12-18(17)24/h6-9,11-12,14H,4-5,10,13H2,1-3H3,(H,25,26)/t14-/m0/s1. The van der Waals surface area contributed by atoms with Gasteiger partial charge in [-0.25, -0.2) is 13.6 Å². The molecule has 0 unspecified atom stereocenters. The Balaban J connectivity index is 1.92. The number of hydrogen-bond donors (Lipinski definition) is 1. The SMILES string of the molecule is CCCCOc1ccc(C(=O)OCC(=O)N[C@@H](C)c2ccc(F)cc2F)cc1OC. The molecule has 6 nitrogen and oxygen atoms in total. The van der Waals surface area contributed by atoms with Crippen LogP contribution in [0.25, 0.3) is 0 Å². The third-order valence-electron chi connectivity index (χ3n) is 4.30. The first-order valence-electron chi connectivity index (χ1n) is 9.58. The number of esters is 1. The molecule has 2 aromatic rings. The van der Waals surface area contributed by atoms with Gasteiger partial charge in [-0.05, 0) is 37.6 Å². The molecule has 2 aromatic carbocycles. The number of rotatable bonds is 10. The van der Waals surface area contributed by atoms with Crippen LogP contribution in [0.5, 0.6) is 11.5 Å². The van der Waals surface area contributed by atoms with Gasteiger partial charge in [0.15, 0.2) is 18.1 Å². The average molecular weight is 421 g/mol. The van der Waals surface area contributed by atoms with Crippen molar-refractivity contribution in [2.24, 2.45) is 0 Å². The van der Waals surface area contributed by atoms with Crippen LogP contribution in [0, 0.1) is 11.6 Å². The molecule has 0 fully saturated rings. The molecule has 0 aliphatic rings. The maximum Gasteiger partial charge on any atom is 0.338 e. The number of hydrogen-bond acceptors (Lipinski definition) is 5. The van der Waals surface area contributed by atoms with Gasteiger partial charge in [0.25, 0.3) is 5.91 Å². The van der Waals surface area contributed by atoms with Crippen LogP contribution in [-0.4, -0.2) is 32.2 Å². The Hall–Kier alpha value is -3.16. The molecule has 1 amide bonds. The van der Waals surface area contributed by atoms with Crippen LogP contribution >= 0.6 is 0 Å². The zero-order valence-electron chi connectivity index (χ0n) is 17.2. The Morgan fingerprint density at radius 1 is 1.10 bits per heavy atom. The largest absolute Gasteiger partial charge is 0.493 e. The van der Waals surface area contributed by atoms with Crippen molar-refractivity contribution in [2.45, 2.75) is 32.7 Å². The number of nitrogens with one attached hydrogen (secondary N) is 1. The van der Waals surface area contributed by atoms with E-state index in [1.165, 1.54) is 32.2 Å². The highest BCUT2D eigenvalue weighted by molar-refractivity contribution is 5.92. The number of halogens is 2. The number of benzene rings is 2. The van der Waals surface area contributed by atoms with Crippen molar-refractivity contribution in [1.82, 2.24) is 5.32 Å². The number of carbonyl (C=O) groups is 2. The summed E-state index contributed by atoms with van der Waals surface area (Å²) in [6.45, 7) is 3.57. The lowest BCUT2D eigenvalue weighted by molar-refractivity contribution is -0.124. The molecule has 0 radical (unpaired) electrons. The molecule has 1 atom stereocenters. The van der Waals surface area contributed by atoms with E-state index in [2.05, 4.69) is 5.32 Å². The molecular formula is C22H25F2NO5. The van der Waals surface area contributed by atoms with Gasteiger partial charge < -0.3 is 19.5 Å². The Morgan fingerprint density at radius 3 is 2.53 bits per heavy atom. The fourth-order valence-electron chi connectivity index (χ4n) is 2.67. The molecule has 0 bridgehead atoms. The van der Waals surface area contributed by atoms with E-state index >= 15 is 0 Å². The van der Waals surface area contributed by atoms with Crippen LogP contribution in [0.3, 0.4) is 0 Å². The molecule has 30 heavy (non-hydrogen) atoms. The van der Waals surface area contributed by atoms with Crippen molar-refractivity contribution in [2.75, 3.05) is 20.3 Å². The first kappa shape index (κ1) is 23.1. The Kier molecular flexibility index (Phi) is 8.58. The lowest BCUT2D eigenvalue weighted by Gasteiger charge is -2.15. The van der Waals surface area contributed by atoms with E-state index in [4.69, 9.17) is 14.2 Å². The Morgan fingerprint density at radius 2 is 1.87 bits per heavy atom. The number of ether oxygens (including phenoxy) is 3. The fraction of sp³-hybridized carbons (Fsp3) is 0.364. The second-order valence-electron chi connectivity index (χ2n) is 6.60. The van der Waals surface area contributed by atoms with Crippen molar-refractivity contribution in [3.63, 3.8) is 0 Å². The third kappa shape index (κ3) is 6.43. The lowest BCUT2D eigenvalue weighted by Crippen LogP contribution is -2.31. The topological polar surface area (TPSA) is 73.9 Å². The number of carbonyl (C=O) groups excluding carboxylic acids is 2. The maximum atomic E-state index is 13.8. The highest BCUT2D eigenvalue weighted by Gasteiger charge is 2.17. The second kappa shape index (κ2) is 11.1. The number of amides is 1. The van der Waals surface area contributed by atoms with Gasteiger partial charge in [-0.3, -0.25) is 4.79 Å². The van der Waals surface area contributed by atoms with Crippen LogP contribution in [0.4, 0.5) is 8.78 Å². The van der Waals surface area contributed by atoms with Gasteiger partial charge in [0.2, 0.25) is 0 Å². The molecule has 0 spiro atoms. The minimum absolute atomic E-state index is 0.125. The summed E-state index contributed by atoms with van der Waals surface area (Å²) in [4.78, 5) is 24.3. The summed E-state index contributed by atoms with van der Waals surface area (Å²) in [5.74, 6) is -1.93. The summed E-state index contributed by atoms with van der Waals surface area (Å²) in [5, 5.41) is 2.50. The van der Waals surface area contributed by atoms with E-state index < -0.39 is 36.2 Å². The van der Waals surface area contributed by atoms with Gasteiger partial charge >= 0.3 is 5.97 Å². The first-order chi connectivity index (χ1) is 14.3. The van der Waals surface area contributed by atoms with E-state index in [1.807, 2.05) is 6.92 Å². The molecule has 0 aromatic heterocycles. The summed E-state index contributed by atoms with van der Waals surface area (Å²) in [6, 6.07) is 6.95. The molecule has 0 saturated carbocycles. The van der Waals surface area contributed by atoms with Crippen molar-refractivity contribution in [3.8, 4) is 11.5 Å². The summed E-state index contributed by atoms with van der Waals surface area (Å²) < 4.78 is 42.7. The predicted octanol–water partition coefficient (Wildman–Crippen LogP) is 4.19. The zero-order chi connectivity index (χ0) is 22.1. The van der Waals surface area contributed by atoms with Crippen LogP contribution in [-0.2, 0) is 9.53 Å². The molecule has 0 aliphatic heterocycles. The molecule has 0 heterocycles.